The number of aromatic amines is 1. The third kappa shape index (κ3) is 4.38. The SMILES string of the molecule is CCCCOc1ccccc1-c1nc(SCc2ccccc2)n[nH]1. The van der Waals surface area contributed by atoms with E-state index in [4.69, 9.17) is 4.74 Å². The van der Waals surface area contributed by atoms with Crippen molar-refractivity contribution < 1.29 is 4.74 Å². The third-order valence-corrected chi connectivity index (χ3v) is 4.49. The van der Waals surface area contributed by atoms with Crippen LogP contribution in [0.1, 0.15) is 25.3 Å². The van der Waals surface area contributed by atoms with Crippen molar-refractivity contribution in [3.8, 4) is 17.1 Å². The molecule has 0 bridgehead atoms. The van der Waals surface area contributed by atoms with Gasteiger partial charge in [-0.25, -0.2) is 4.98 Å². The fourth-order valence-corrected chi connectivity index (χ4v) is 3.02. The zero-order valence-corrected chi connectivity index (χ0v) is 14.6. The van der Waals surface area contributed by atoms with Gasteiger partial charge in [0.15, 0.2) is 5.82 Å². The molecular weight excluding hydrogens is 318 g/mol. The first-order valence-electron chi connectivity index (χ1n) is 8.18. The van der Waals surface area contributed by atoms with Crippen LogP contribution < -0.4 is 4.74 Å². The molecule has 0 fully saturated rings. The van der Waals surface area contributed by atoms with Gasteiger partial charge in [0.2, 0.25) is 5.16 Å². The molecule has 1 N–H and O–H groups in total. The van der Waals surface area contributed by atoms with Crippen LogP contribution in [-0.4, -0.2) is 21.8 Å². The number of nitrogens with zero attached hydrogens (tertiary/aromatic N) is 2. The second kappa shape index (κ2) is 8.55. The fraction of sp³-hybridized carbons (Fsp3) is 0.263. The number of hydrogen-bond acceptors (Lipinski definition) is 4. The molecular formula is C19H21N3OS. The molecule has 0 aliphatic rings. The molecule has 3 rings (SSSR count). The highest BCUT2D eigenvalue weighted by Crippen LogP contribution is 2.29. The van der Waals surface area contributed by atoms with E-state index in [2.05, 4.69) is 34.2 Å². The summed E-state index contributed by atoms with van der Waals surface area (Å²) < 4.78 is 5.88. The maximum atomic E-state index is 5.88. The van der Waals surface area contributed by atoms with Crippen LogP contribution in [0.15, 0.2) is 59.8 Å². The second-order valence-corrected chi connectivity index (χ2v) is 6.38. The van der Waals surface area contributed by atoms with Crippen molar-refractivity contribution in [1.29, 1.82) is 0 Å². The van der Waals surface area contributed by atoms with E-state index >= 15 is 0 Å². The van der Waals surface area contributed by atoms with E-state index in [0.717, 1.165) is 47.5 Å². The van der Waals surface area contributed by atoms with Gasteiger partial charge in [0.05, 0.1) is 12.2 Å². The lowest BCUT2D eigenvalue weighted by atomic mass is 10.2. The van der Waals surface area contributed by atoms with Crippen LogP contribution in [0, 0.1) is 0 Å². The molecule has 4 nitrogen and oxygen atoms in total. The van der Waals surface area contributed by atoms with Crippen molar-refractivity contribution in [2.24, 2.45) is 0 Å². The number of unbranched alkanes of at least 4 members (excludes halogenated alkanes) is 1. The van der Waals surface area contributed by atoms with Crippen LogP contribution >= 0.6 is 11.8 Å². The number of aromatic nitrogens is 3. The highest BCUT2D eigenvalue weighted by atomic mass is 32.2. The maximum absolute atomic E-state index is 5.88. The van der Waals surface area contributed by atoms with Crippen molar-refractivity contribution in [3.63, 3.8) is 0 Å². The predicted molar refractivity (Wildman–Crippen MR) is 98.2 cm³/mol. The molecule has 0 unspecified atom stereocenters. The molecule has 1 aromatic heterocycles. The van der Waals surface area contributed by atoms with Crippen LogP contribution in [0.5, 0.6) is 5.75 Å². The van der Waals surface area contributed by atoms with E-state index < -0.39 is 0 Å². The molecule has 124 valence electrons. The summed E-state index contributed by atoms with van der Waals surface area (Å²) in [7, 11) is 0. The minimum Gasteiger partial charge on any atom is -0.493 e. The molecule has 2 aromatic carbocycles. The van der Waals surface area contributed by atoms with E-state index in [0.29, 0.717) is 0 Å². The maximum Gasteiger partial charge on any atom is 0.209 e. The molecule has 0 saturated carbocycles. The van der Waals surface area contributed by atoms with Gasteiger partial charge in [-0.3, -0.25) is 5.10 Å². The van der Waals surface area contributed by atoms with Crippen LogP contribution in [-0.2, 0) is 5.75 Å². The van der Waals surface area contributed by atoms with Crippen molar-refractivity contribution in [2.75, 3.05) is 6.61 Å². The largest absolute Gasteiger partial charge is 0.493 e. The lowest BCUT2D eigenvalue weighted by Gasteiger charge is -2.08. The van der Waals surface area contributed by atoms with E-state index in [1.165, 1.54) is 5.56 Å². The summed E-state index contributed by atoms with van der Waals surface area (Å²) in [6, 6.07) is 18.3. The zero-order valence-electron chi connectivity index (χ0n) is 13.7. The minimum absolute atomic E-state index is 0.720. The number of thioether (sulfide) groups is 1. The Balaban J connectivity index is 1.69. The average Bonchev–Trinajstić information content (AvgIpc) is 3.10. The Labute approximate surface area is 146 Å². The summed E-state index contributed by atoms with van der Waals surface area (Å²) in [6.45, 7) is 2.87. The van der Waals surface area contributed by atoms with Crippen LogP contribution in [0.4, 0.5) is 0 Å². The predicted octanol–water partition coefficient (Wildman–Crippen LogP) is 4.94. The number of hydrogen-bond donors (Lipinski definition) is 1. The molecule has 5 heteroatoms. The normalized spacial score (nSPS) is 10.7. The lowest BCUT2D eigenvalue weighted by molar-refractivity contribution is 0.310. The lowest BCUT2D eigenvalue weighted by Crippen LogP contribution is -1.98. The summed E-state index contributed by atoms with van der Waals surface area (Å²) in [5.41, 5.74) is 2.21. The summed E-state index contributed by atoms with van der Waals surface area (Å²) in [6.07, 6.45) is 2.16. The Morgan fingerprint density at radius 3 is 2.67 bits per heavy atom. The third-order valence-electron chi connectivity index (χ3n) is 3.57. The summed E-state index contributed by atoms with van der Waals surface area (Å²) in [5.74, 6) is 2.45. The number of benzene rings is 2. The van der Waals surface area contributed by atoms with Gasteiger partial charge in [-0.2, -0.15) is 0 Å². The number of nitrogens with one attached hydrogen (secondary N) is 1. The van der Waals surface area contributed by atoms with Gasteiger partial charge >= 0.3 is 0 Å². The van der Waals surface area contributed by atoms with Gasteiger partial charge in [0.1, 0.15) is 5.75 Å². The van der Waals surface area contributed by atoms with Crippen LogP contribution in [0.3, 0.4) is 0 Å². The fourth-order valence-electron chi connectivity index (χ4n) is 2.27. The number of rotatable bonds is 8. The molecule has 0 saturated heterocycles. The second-order valence-electron chi connectivity index (χ2n) is 5.44. The molecule has 3 aromatic rings. The first kappa shape index (κ1) is 16.6. The molecule has 0 spiro atoms. The zero-order chi connectivity index (χ0) is 16.6. The highest BCUT2D eigenvalue weighted by molar-refractivity contribution is 7.98. The quantitative estimate of drug-likeness (QED) is 0.466. The monoisotopic (exact) mass is 339 g/mol. The molecule has 0 atom stereocenters. The van der Waals surface area contributed by atoms with E-state index in [9.17, 15) is 0 Å². The molecule has 24 heavy (non-hydrogen) atoms. The Kier molecular flexibility index (Phi) is 5.90. The Hall–Kier alpha value is -2.27. The van der Waals surface area contributed by atoms with Gasteiger partial charge < -0.3 is 4.74 Å². The number of ether oxygens (including phenoxy) is 1. The highest BCUT2D eigenvalue weighted by Gasteiger charge is 2.11. The summed E-state index contributed by atoms with van der Waals surface area (Å²) in [5, 5.41) is 8.09. The molecule has 0 amide bonds. The summed E-state index contributed by atoms with van der Waals surface area (Å²) >= 11 is 1.62. The van der Waals surface area contributed by atoms with Crippen molar-refractivity contribution in [1.82, 2.24) is 15.2 Å². The molecule has 0 radical (unpaired) electrons. The van der Waals surface area contributed by atoms with Gasteiger partial charge in [0, 0.05) is 5.75 Å². The average molecular weight is 339 g/mol. The minimum atomic E-state index is 0.720. The Morgan fingerprint density at radius 1 is 1.04 bits per heavy atom. The topological polar surface area (TPSA) is 50.8 Å². The van der Waals surface area contributed by atoms with Crippen molar-refractivity contribution in [3.05, 3.63) is 60.2 Å². The van der Waals surface area contributed by atoms with Crippen LogP contribution in [0.25, 0.3) is 11.4 Å². The van der Waals surface area contributed by atoms with E-state index in [-0.39, 0.29) is 0 Å². The number of para-hydroxylation sites is 1. The van der Waals surface area contributed by atoms with Gasteiger partial charge in [-0.1, -0.05) is 67.6 Å². The standard InChI is InChI=1S/C19H21N3OS/c1-2-3-13-23-17-12-8-7-11-16(17)18-20-19(22-21-18)24-14-15-9-5-4-6-10-15/h4-12H,2-3,13-14H2,1H3,(H,20,21,22). The molecule has 0 aliphatic heterocycles. The van der Waals surface area contributed by atoms with Crippen molar-refractivity contribution >= 4 is 11.8 Å². The first-order valence-corrected chi connectivity index (χ1v) is 9.16. The molecule has 0 aliphatic carbocycles. The smallest absolute Gasteiger partial charge is 0.209 e. The Bertz CT molecular complexity index is 758. The number of H-pyrrole nitrogens is 1. The van der Waals surface area contributed by atoms with Gasteiger partial charge in [-0.05, 0) is 24.1 Å². The van der Waals surface area contributed by atoms with Crippen molar-refractivity contribution in [2.45, 2.75) is 30.7 Å². The van der Waals surface area contributed by atoms with Gasteiger partial charge in [0.25, 0.3) is 0 Å². The van der Waals surface area contributed by atoms with Crippen LogP contribution in [0.2, 0.25) is 0 Å². The molecule has 1 heterocycles. The summed E-state index contributed by atoms with van der Waals surface area (Å²) in [4.78, 5) is 4.60. The van der Waals surface area contributed by atoms with Gasteiger partial charge in [-0.15, -0.1) is 5.10 Å². The first-order chi connectivity index (χ1) is 11.9. The van der Waals surface area contributed by atoms with E-state index in [1.807, 2.05) is 42.5 Å². The Morgan fingerprint density at radius 2 is 1.83 bits per heavy atom. The van der Waals surface area contributed by atoms with E-state index in [1.54, 1.807) is 11.8 Å².